The molecular weight excluding hydrogens is 636 g/mol. The number of benzene rings is 3. The molecular formula is C29H28F4N6O4S2. The van der Waals surface area contributed by atoms with Gasteiger partial charge in [-0.2, -0.15) is 17.5 Å². The van der Waals surface area contributed by atoms with E-state index in [-0.39, 0.29) is 52.5 Å². The van der Waals surface area contributed by atoms with Crippen LogP contribution in [0.15, 0.2) is 82.8 Å². The molecule has 0 spiro atoms. The Morgan fingerprint density at radius 1 is 0.956 bits per heavy atom. The number of rotatable bonds is 12. The molecule has 4 aromatic rings. The van der Waals surface area contributed by atoms with Gasteiger partial charge in [0.25, 0.3) is 5.91 Å². The van der Waals surface area contributed by atoms with E-state index in [2.05, 4.69) is 20.8 Å². The van der Waals surface area contributed by atoms with Crippen molar-refractivity contribution in [2.45, 2.75) is 36.6 Å². The predicted molar refractivity (Wildman–Crippen MR) is 160 cm³/mol. The molecule has 3 aromatic carbocycles. The van der Waals surface area contributed by atoms with E-state index in [0.29, 0.717) is 5.69 Å². The minimum atomic E-state index is -4.63. The van der Waals surface area contributed by atoms with Crippen LogP contribution >= 0.6 is 11.8 Å². The van der Waals surface area contributed by atoms with Crippen LogP contribution in [0.25, 0.3) is 5.69 Å². The number of aromatic nitrogens is 3. The second kappa shape index (κ2) is 14.2. The van der Waals surface area contributed by atoms with Crippen LogP contribution in [0.3, 0.4) is 0 Å². The zero-order valence-electron chi connectivity index (χ0n) is 24.0. The Kier molecular flexibility index (Phi) is 10.6. The zero-order valence-corrected chi connectivity index (χ0v) is 25.6. The van der Waals surface area contributed by atoms with E-state index in [1.807, 2.05) is 0 Å². The Morgan fingerprint density at radius 3 is 2.24 bits per heavy atom. The third kappa shape index (κ3) is 8.26. The normalized spacial score (nSPS) is 11.9. The van der Waals surface area contributed by atoms with Crippen LogP contribution in [0.2, 0.25) is 0 Å². The van der Waals surface area contributed by atoms with Crippen molar-refractivity contribution in [3.63, 3.8) is 0 Å². The fourth-order valence-corrected chi connectivity index (χ4v) is 6.43. The molecule has 0 aliphatic carbocycles. The van der Waals surface area contributed by atoms with Gasteiger partial charge in [0.1, 0.15) is 5.82 Å². The van der Waals surface area contributed by atoms with Crippen molar-refractivity contribution in [1.82, 2.24) is 24.4 Å². The van der Waals surface area contributed by atoms with Crippen molar-refractivity contribution in [3.8, 4) is 5.69 Å². The summed E-state index contributed by atoms with van der Waals surface area (Å²) in [5.41, 5.74) is -0.381. The number of alkyl halides is 3. The molecule has 4 rings (SSSR count). The summed E-state index contributed by atoms with van der Waals surface area (Å²) in [6.45, 7) is 3.74. The lowest BCUT2D eigenvalue weighted by Gasteiger charge is -2.18. The lowest BCUT2D eigenvalue weighted by Crippen LogP contribution is -2.30. The quantitative estimate of drug-likeness (QED) is 0.159. The van der Waals surface area contributed by atoms with Gasteiger partial charge in [-0.3, -0.25) is 14.2 Å². The molecule has 0 bridgehead atoms. The molecule has 1 heterocycles. The standard InChI is InChI=1S/C29H28F4N6O4S2/c1-3-38(4-2)45(42,43)24-14-8-19(9-15-24)27(41)34-17-25-36-37-28(39(25)23-7-5-6-20(16-23)29(31,32)33)44-18-26(40)35-22-12-10-21(30)11-13-22/h5-16H,3-4,17-18H2,1-2H3,(H,34,41)(H,35,40). The van der Waals surface area contributed by atoms with E-state index >= 15 is 0 Å². The van der Waals surface area contributed by atoms with Gasteiger partial charge in [0.15, 0.2) is 11.0 Å². The highest BCUT2D eigenvalue weighted by molar-refractivity contribution is 7.99. The van der Waals surface area contributed by atoms with E-state index < -0.39 is 39.4 Å². The molecule has 2 N–H and O–H groups in total. The van der Waals surface area contributed by atoms with Crippen molar-refractivity contribution < 1.29 is 35.6 Å². The second-order valence-electron chi connectivity index (χ2n) is 9.42. The highest BCUT2D eigenvalue weighted by Gasteiger charge is 2.31. The smallest absolute Gasteiger partial charge is 0.345 e. The third-order valence-corrected chi connectivity index (χ3v) is 9.45. The van der Waals surface area contributed by atoms with Crippen molar-refractivity contribution in [2.75, 3.05) is 24.2 Å². The van der Waals surface area contributed by atoms with Crippen LogP contribution < -0.4 is 10.6 Å². The van der Waals surface area contributed by atoms with Gasteiger partial charge in [0.2, 0.25) is 15.9 Å². The topological polar surface area (TPSA) is 126 Å². The van der Waals surface area contributed by atoms with Crippen molar-refractivity contribution in [1.29, 1.82) is 0 Å². The van der Waals surface area contributed by atoms with E-state index in [4.69, 9.17) is 0 Å². The summed E-state index contributed by atoms with van der Waals surface area (Å²) in [5, 5.41) is 13.4. The Bertz CT molecular complexity index is 1760. The van der Waals surface area contributed by atoms with Crippen LogP contribution in [0, 0.1) is 5.82 Å². The molecule has 45 heavy (non-hydrogen) atoms. The lowest BCUT2D eigenvalue weighted by atomic mass is 10.2. The summed E-state index contributed by atoms with van der Waals surface area (Å²) in [6, 6.07) is 14.9. The summed E-state index contributed by atoms with van der Waals surface area (Å²) in [6.07, 6.45) is -4.63. The minimum absolute atomic E-state index is 0.0252. The highest BCUT2D eigenvalue weighted by atomic mass is 32.2. The van der Waals surface area contributed by atoms with Crippen LogP contribution in [-0.2, 0) is 27.5 Å². The van der Waals surface area contributed by atoms with Crippen molar-refractivity contribution in [3.05, 3.63) is 95.6 Å². The lowest BCUT2D eigenvalue weighted by molar-refractivity contribution is -0.137. The molecule has 0 saturated carbocycles. The Balaban J connectivity index is 1.54. The maximum absolute atomic E-state index is 13.5. The van der Waals surface area contributed by atoms with Gasteiger partial charge in [0, 0.05) is 24.3 Å². The van der Waals surface area contributed by atoms with Gasteiger partial charge in [0.05, 0.1) is 28.4 Å². The SMILES string of the molecule is CCN(CC)S(=O)(=O)c1ccc(C(=O)NCc2nnc(SCC(=O)Nc3ccc(F)cc3)n2-c2cccc(C(F)(F)F)c2)cc1. The average Bonchev–Trinajstić information content (AvgIpc) is 3.43. The number of nitrogens with zero attached hydrogens (tertiary/aromatic N) is 4. The first-order valence-electron chi connectivity index (χ1n) is 13.5. The summed E-state index contributed by atoms with van der Waals surface area (Å²) in [5.74, 6) is -1.68. The number of nitrogens with one attached hydrogen (secondary N) is 2. The predicted octanol–water partition coefficient (Wildman–Crippen LogP) is 5.12. The van der Waals surface area contributed by atoms with Gasteiger partial charge in [-0.1, -0.05) is 31.7 Å². The first-order valence-corrected chi connectivity index (χ1v) is 15.9. The number of sulfonamides is 1. The summed E-state index contributed by atoms with van der Waals surface area (Å²) in [4.78, 5) is 25.5. The molecule has 238 valence electrons. The van der Waals surface area contributed by atoms with E-state index in [9.17, 15) is 35.6 Å². The highest BCUT2D eigenvalue weighted by Crippen LogP contribution is 2.32. The van der Waals surface area contributed by atoms with Gasteiger partial charge in [-0.05, 0) is 66.7 Å². The minimum Gasteiger partial charge on any atom is -0.345 e. The molecule has 16 heteroatoms. The van der Waals surface area contributed by atoms with E-state index in [1.54, 1.807) is 13.8 Å². The van der Waals surface area contributed by atoms with Crippen molar-refractivity contribution >= 4 is 39.3 Å². The molecule has 1 aromatic heterocycles. The maximum atomic E-state index is 13.5. The molecule has 0 saturated heterocycles. The maximum Gasteiger partial charge on any atom is 0.416 e. The number of halogens is 4. The number of amides is 2. The van der Waals surface area contributed by atoms with Crippen molar-refractivity contribution in [2.24, 2.45) is 0 Å². The summed E-state index contributed by atoms with van der Waals surface area (Å²) in [7, 11) is -3.72. The van der Waals surface area contributed by atoms with Gasteiger partial charge >= 0.3 is 6.18 Å². The van der Waals surface area contributed by atoms with Crippen LogP contribution in [0.4, 0.5) is 23.2 Å². The molecule has 0 aliphatic rings. The number of thioether (sulfide) groups is 1. The van der Waals surface area contributed by atoms with E-state index in [1.165, 1.54) is 69.5 Å². The van der Waals surface area contributed by atoms with Gasteiger partial charge in [-0.15, -0.1) is 10.2 Å². The third-order valence-electron chi connectivity index (χ3n) is 6.46. The van der Waals surface area contributed by atoms with Gasteiger partial charge < -0.3 is 10.6 Å². The molecule has 0 atom stereocenters. The molecule has 2 amide bonds. The Labute approximate surface area is 260 Å². The fourth-order valence-electron chi connectivity index (χ4n) is 4.20. The van der Waals surface area contributed by atoms with Crippen LogP contribution in [0.1, 0.15) is 35.6 Å². The van der Waals surface area contributed by atoms with Crippen LogP contribution in [-0.4, -0.2) is 58.1 Å². The van der Waals surface area contributed by atoms with E-state index in [0.717, 1.165) is 23.9 Å². The molecule has 10 nitrogen and oxygen atoms in total. The van der Waals surface area contributed by atoms with Crippen LogP contribution in [0.5, 0.6) is 0 Å². The number of carbonyl (C=O) groups is 2. The molecule has 0 aliphatic heterocycles. The van der Waals surface area contributed by atoms with Gasteiger partial charge in [-0.25, -0.2) is 12.8 Å². The summed E-state index contributed by atoms with van der Waals surface area (Å²) < 4.78 is 81.7. The second-order valence-corrected chi connectivity index (χ2v) is 12.3. The summed E-state index contributed by atoms with van der Waals surface area (Å²) >= 11 is 0.895. The fraction of sp³-hybridized carbons (Fsp3) is 0.241. The number of hydrogen-bond donors (Lipinski definition) is 2. The number of carbonyl (C=O) groups excluding carboxylic acids is 2. The Morgan fingerprint density at radius 2 is 1.62 bits per heavy atom. The number of hydrogen-bond acceptors (Lipinski definition) is 7. The average molecular weight is 665 g/mol. The monoisotopic (exact) mass is 664 g/mol. The number of anilines is 1. The zero-order chi connectivity index (χ0) is 32.8. The first-order chi connectivity index (χ1) is 21.3. The Hall–Kier alpha value is -4.28. The molecule has 0 unspecified atom stereocenters. The molecule has 0 radical (unpaired) electrons. The molecule has 0 fully saturated rings. The largest absolute Gasteiger partial charge is 0.416 e. The first kappa shape index (κ1) is 33.6.